The zero-order valence-corrected chi connectivity index (χ0v) is 18.4. The second-order valence-corrected chi connectivity index (χ2v) is 8.61. The van der Waals surface area contributed by atoms with Crippen LogP contribution in [-0.4, -0.2) is 50.0 Å². The highest BCUT2D eigenvalue weighted by Gasteiger charge is 2.36. The molecule has 170 valence electrons. The van der Waals surface area contributed by atoms with E-state index < -0.39 is 5.97 Å². The highest BCUT2D eigenvalue weighted by molar-refractivity contribution is 5.85. The number of tetrazole rings is 1. The summed E-state index contributed by atoms with van der Waals surface area (Å²) in [6.45, 7) is 2.45. The molecular formula is C25H27N5O3. The molecule has 0 atom stereocenters. The van der Waals surface area contributed by atoms with Crippen molar-refractivity contribution in [3.05, 3.63) is 65.7 Å². The van der Waals surface area contributed by atoms with Gasteiger partial charge in [-0.3, -0.25) is 4.79 Å². The molecule has 0 unspecified atom stereocenters. The van der Waals surface area contributed by atoms with E-state index in [9.17, 15) is 4.79 Å². The number of unbranched alkanes of at least 4 members (excludes halogenated alkanes) is 1. The minimum atomic E-state index is -0.782. The zero-order chi connectivity index (χ0) is 22.7. The lowest BCUT2D eigenvalue weighted by molar-refractivity contribution is -0.137. The van der Waals surface area contributed by atoms with E-state index in [0.29, 0.717) is 25.2 Å². The first kappa shape index (κ1) is 21.3. The van der Waals surface area contributed by atoms with Gasteiger partial charge in [-0.25, -0.2) is 0 Å². The number of ether oxygens (including phenoxy) is 1. The molecule has 2 aromatic carbocycles. The van der Waals surface area contributed by atoms with Gasteiger partial charge in [-0.2, -0.15) is 4.80 Å². The van der Waals surface area contributed by atoms with Gasteiger partial charge in [0, 0.05) is 30.4 Å². The molecule has 2 N–H and O–H groups in total. The van der Waals surface area contributed by atoms with Crippen molar-refractivity contribution in [1.29, 1.82) is 0 Å². The van der Waals surface area contributed by atoms with Crippen LogP contribution in [-0.2, 0) is 11.3 Å². The molecule has 5 rings (SSSR count). The van der Waals surface area contributed by atoms with Crippen molar-refractivity contribution in [3.8, 4) is 17.1 Å². The molecule has 1 saturated heterocycles. The quantitative estimate of drug-likeness (QED) is 0.536. The van der Waals surface area contributed by atoms with Crippen molar-refractivity contribution in [2.45, 2.75) is 44.2 Å². The van der Waals surface area contributed by atoms with Gasteiger partial charge in [0.15, 0.2) is 0 Å². The number of aliphatic carboxylic acids is 1. The number of aryl methyl sites for hydroxylation is 1. The average molecular weight is 446 g/mol. The summed E-state index contributed by atoms with van der Waals surface area (Å²) in [7, 11) is 0. The third kappa shape index (κ3) is 4.66. The number of nitrogens with zero attached hydrogens (tertiary/aromatic N) is 4. The summed E-state index contributed by atoms with van der Waals surface area (Å²) in [5, 5.41) is 24.9. The third-order valence-corrected chi connectivity index (χ3v) is 6.25. The maximum absolute atomic E-state index is 10.6. The molecule has 1 spiro atoms. The van der Waals surface area contributed by atoms with E-state index in [1.807, 2.05) is 24.3 Å². The summed E-state index contributed by atoms with van der Waals surface area (Å²) in [6, 6.07) is 16.5. The monoisotopic (exact) mass is 445 g/mol. The molecular weight excluding hydrogens is 418 g/mol. The summed E-state index contributed by atoms with van der Waals surface area (Å²) in [5.74, 6) is 0.722. The van der Waals surface area contributed by atoms with E-state index in [0.717, 1.165) is 48.4 Å². The first-order valence-corrected chi connectivity index (χ1v) is 11.4. The Kier molecular flexibility index (Phi) is 5.92. The van der Waals surface area contributed by atoms with Gasteiger partial charge in [0.05, 0.1) is 6.54 Å². The molecule has 8 heteroatoms. The Labute approximate surface area is 192 Å². The number of carbonyl (C=O) groups is 1. The van der Waals surface area contributed by atoms with Crippen molar-refractivity contribution in [2.24, 2.45) is 0 Å². The highest BCUT2D eigenvalue weighted by atomic mass is 16.5. The molecule has 2 aliphatic rings. The van der Waals surface area contributed by atoms with Crippen molar-refractivity contribution in [2.75, 3.05) is 13.1 Å². The number of carboxylic acids is 1. The Bertz CT molecular complexity index is 1160. The molecule has 3 aromatic rings. The molecule has 0 radical (unpaired) electrons. The smallest absolute Gasteiger partial charge is 0.303 e. The summed E-state index contributed by atoms with van der Waals surface area (Å²) >= 11 is 0. The number of hydrogen-bond acceptors (Lipinski definition) is 6. The molecule has 1 aromatic heterocycles. The van der Waals surface area contributed by atoms with Gasteiger partial charge in [0.25, 0.3) is 0 Å². The number of para-hydroxylation sites is 1. The standard InChI is InChI=1S/C25H27N5O3/c31-23(32)7-3-4-16-30-28-24(27-29-30)19-10-8-18(9-11-19)21-17-25(12-14-26-15-13-25)33-22-6-2-1-5-20(21)22/h1-2,5-6,8-11,17,26H,3-4,7,12-16H2,(H,31,32). The molecule has 0 aliphatic carbocycles. The summed E-state index contributed by atoms with van der Waals surface area (Å²) in [4.78, 5) is 12.2. The van der Waals surface area contributed by atoms with Crippen LogP contribution in [0.2, 0.25) is 0 Å². The van der Waals surface area contributed by atoms with Crippen LogP contribution >= 0.6 is 0 Å². The molecule has 0 amide bonds. The number of benzene rings is 2. The number of piperidine rings is 1. The zero-order valence-electron chi connectivity index (χ0n) is 18.4. The van der Waals surface area contributed by atoms with Crippen LogP contribution in [0.15, 0.2) is 54.6 Å². The fourth-order valence-electron chi connectivity index (χ4n) is 4.48. The predicted molar refractivity (Wildman–Crippen MR) is 124 cm³/mol. The fraction of sp³-hybridized carbons (Fsp3) is 0.360. The number of aromatic nitrogens is 4. The second-order valence-electron chi connectivity index (χ2n) is 8.61. The van der Waals surface area contributed by atoms with Crippen LogP contribution in [0.1, 0.15) is 43.2 Å². The van der Waals surface area contributed by atoms with Gasteiger partial charge in [-0.1, -0.05) is 42.5 Å². The molecule has 2 aliphatic heterocycles. The Balaban J connectivity index is 1.36. The van der Waals surface area contributed by atoms with Gasteiger partial charge in [0.1, 0.15) is 11.4 Å². The highest BCUT2D eigenvalue weighted by Crippen LogP contribution is 2.42. The SMILES string of the molecule is O=C(O)CCCCn1nnc(-c2ccc(C3=CC4(CCNCC4)Oc4ccccc43)cc2)n1. The van der Waals surface area contributed by atoms with E-state index >= 15 is 0 Å². The lowest BCUT2D eigenvalue weighted by atomic mass is 9.83. The van der Waals surface area contributed by atoms with Crippen LogP contribution in [0.3, 0.4) is 0 Å². The second kappa shape index (κ2) is 9.15. The van der Waals surface area contributed by atoms with E-state index in [1.165, 1.54) is 10.4 Å². The molecule has 8 nitrogen and oxygen atoms in total. The largest absolute Gasteiger partial charge is 0.482 e. The molecule has 1 fully saturated rings. The van der Waals surface area contributed by atoms with Crippen LogP contribution < -0.4 is 10.1 Å². The van der Waals surface area contributed by atoms with Crippen molar-refractivity contribution < 1.29 is 14.6 Å². The lowest BCUT2D eigenvalue weighted by Gasteiger charge is -2.40. The van der Waals surface area contributed by atoms with Gasteiger partial charge in [-0.05, 0) is 54.4 Å². The van der Waals surface area contributed by atoms with E-state index in [-0.39, 0.29) is 12.0 Å². The topological polar surface area (TPSA) is 102 Å². The maximum Gasteiger partial charge on any atom is 0.303 e. The van der Waals surface area contributed by atoms with Gasteiger partial charge < -0.3 is 15.2 Å². The minimum absolute atomic E-state index is 0.158. The predicted octanol–water partition coefficient (Wildman–Crippen LogP) is 3.54. The number of nitrogens with one attached hydrogen (secondary N) is 1. The van der Waals surface area contributed by atoms with E-state index in [4.69, 9.17) is 9.84 Å². The number of hydrogen-bond donors (Lipinski definition) is 2. The molecule has 3 heterocycles. The maximum atomic E-state index is 10.6. The Hall–Kier alpha value is -3.52. The summed E-state index contributed by atoms with van der Waals surface area (Å²) in [5.41, 5.74) is 4.07. The third-order valence-electron chi connectivity index (χ3n) is 6.25. The van der Waals surface area contributed by atoms with E-state index in [1.54, 1.807) is 0 Å². The van der Waals surface area contributed by atoms with Crippen LogP contribution in [0.25, 0.3) is 17.0 Å². The van der Waals surface area contributed by atoms with Crippen molar-refractivity contribution in [3.63, 3.8) is 0 Å². The van der Waals surface area contributed by atoms with Crippen LogP contribution in [0.5, 0.6) is 5.75 Å². The number of rotatable bonds is 7. The molecule has 0 bridgehead atoms. The molecule has 0 saturated carbocycles. The van der Waals surface area contributed by atoms with Crippen molar-refractivity contribution in [1.82, 2.24) is 25.5 Å². The van der Waals surface area contributed by atoms with E-state index in [2.05, 4.69) is 51.1 Å². The first-order chi connectivity index (χ1) is 16.1. The van der Waals surface area contributed by atoms with Crippen molar-refractivity contribution >= 4 is 11.5 Å². The summed E-state index contributed by atoms with van der Waals surface area (Å²) in [6.07, 6.45) is 5.65. The minimum Gasteiger partial charge on any atom is -0.482 e. The lowest BCUT2D eigenvalue weighted by Crippen LogP contribution is -2.46. The first-order valence-electron chi connectivity index (χ1n) is 11.4. The Morgan fingerprint density at radius 3 is 2.61 bits per heavy atom. The number of fused-ring (bicyclic) bond motifs is 1. The number of carboxylic acid groups (broad SMARTS) is 1. The van der Waals surface area contributed by atoms with Crippen LogP contribution in [0.4, 0.5) is 0 Å². The Morgan fingerprint density at radius 1 is 1.06 bits per heavy atom. The fourth-order valence-corrected chi connectivity index (χ4v) is 4.48. The summed E-state index contributed by atoms with van der Waals surface area (Å²) < 4.78 is 6.48. The van der Waals surface area contributed by atoms with Gasteiger partial charge in [-0.15, -0.1) is 10.2 Å². The van der Waals surface area contributed by atoms with Crippen LogP contribution in [0, 0.1) is 0 Å². The average Bonchev–Trinajstić information content (AvgIpc) is 3.31. The Morgan fingerprint density at radius 2 is 1.82 bits per heavy atom. The molecule has 33 heavy (non-hydrogen) atoms. The van der Waals surface area contributed by atoms with Gasteiger partial charge in [0.2, 0.25) is 5.82 Å². The normalized spacial score (nSPS) is 16.7. The van der Waals surface area contributed by atoms with Gasteiger partial charge >= 0.3 is 5.97 Å².